The van der Waals surface area contributed by atoms with Gasteiger partial charge < -0.3 is 49.6 Å². The van der Waals surface area contributed by atoms with Crippen molar-refractivity contribution in [2.75, 3.05) is 13.2 Å². The predicted molar refractivity (Wildman–Crippen MR) is 136 cm³/mol. The van der Waals surface area contributed by atoms with Crippen LogP contribution in [-0.4, -0.2) is 117 Å². The molecule has 2 saturated heterocycles. The number of carbonyl (C=O) groups excluding carboxylic acids is 2. The van der Waals surface area contributed by atoms with Gasteiger partial charge in [0, 0.05) is 0 Å². The average Bonchev–Trinajstić information content (AvgIpc) is 2.94. The fourth-order valence-electron chi connectivity index (χ4n) is 4.64. The normalized spacial score (nSPS) is 34.2. The third-order valence-corrected chi connectivity index (χ3v) is 7.15. The lowest BCUT2D eigenvalue weighted by atomic mass is 9.86. The molecule has 0 aromatic heterocycles. The van der Waals surface area contributed by atoms with E-state index in [1.807, 2.05) is 13.8 Å². The molecule has 0 spiro atoms. The summed E-state index contributed by atoms with van der Waals surface area (Å²) < 4.78 is 21.9. The van der Waals surface area contributed by atoms with Crippen LogP contribution in [0.5, 0.6) is 0 Å². The van der Waals surface area contributed by atoms with Crippen LogP contribution in [0.1, 0.15) is 31.8 Å². The van der Waals surface area contributed by atoms with Crippen molar-refractivity contribution in [1.82, 2.24) is 0 Å². The van der Waals surface area contributed by atoms with E-state index in [-0.39, 0.29) is 11.1 Å². The Morgan fingerprint density at radius 1 is 0.575 bits per heavy atom. The van der Waals surface area contributed by atoms with E-state index < -0.39 is 86.2 Å². The average molecular weight is 563 g/mol. The van der Waals surface area contributed by atoms with Crippen LogP contribution in [0.3, 0.4) is 0 Å². The Bertz CT molecular complexity index is 1060. The van der Waals surface area contributed by atoms with Crippen molar-refractivity contribution in [2.24, 2.45) is 0 Å². The molecule has 2 aromatic rings. The van der Waals surface area contributed by atoms with Crippen molar-refractivity contribution < 1.29 is 59.2 Å². The van der Waals surface area contributed by atoms with Gasteiger partial charge in [0.15, 0.2) is 0 Å². The fraction of sp³-hybridized carbons (Fsp3) is 0.500. The second-order valence-corrected chi connectivity index (χ2v) is 10.2. The molecule has 1 unspecified atom stereocenters. The Kier molecular flexibility index (Phi) is 9.54. The van der Waals surface area contributed by atoms with Gasteiger partial charge >= 0.3 is 11.9 Å². The smallest absolute Gasteiger partial charge is 0.338 e. The molecule has 2 heterocycles. The number of esters is 2. The molecule has 12 heteroatoms. The van der Waals surface area contributed by atoms with Crippen LogP contribution >= 0.6 is 0 Å². The van der Waals surface area contributed by atoms with E-state index in [1.165, 1.54) is 0 Å². The molecular formula is C28H34O12. The van der Waals surface area contributed by atoms with E-state index in [2.05, 4.69) is 0 Å². The lowest BCUT2D eigenvalue weighted by Crippen LogP contribution is -2.68. The Hall–Kier alpha value is -2.94. The summed E-state index contributed by atoms with van der Waals surface area (Å²) in [5.74, 6) is -1.42. The molecule has 12 nitrogen and oxygen atoms in total. The SMILES string of the molecule is Cc1ccc(C(=O)OC[C@H]2O[C@H](C3O[C@H](COC(=O)c4ccc(C)cc4)[C@@H](O)[C@H](O)[C@H]3O)[C@H](O)[C@@H](O)[C@@H]2O)cc1. The number of rotatable bonds is 7. The zero-order chi connectivity index (χ0) is 29.1. The number of benzene rings is 2. The topological polar surface area (TPSA) is 192 Å². The standard InChI is InChI=1S/C28H34O12/c1-13-3-7-15(8-4-13)27(35)37-11-17-19(29)21(31)23(33)25(39-17)26-24(34)22(32)20(30)18(40-26)12-38-28(36)16-9-5-14(2)6-10-16/h3-10,17-26,29-34H,11-12H2,1-2H3/t17-,18-,19-,20-,21+,22+,23-,24-,25+,26?/m1/s1. The maximum atomic E-state index is 12.4. The minimum atomic E-state index is -1.79. The highest BCUT2D eigenvalue weighted by Crippen LogP contribution is 2.32. The van der Waals surface area contributed by atoms with Gasteiger partial charge in [-0.25, -0.2) is 9.59 Å². The molecule has 4 rings (SSSR count). The first-order chi connectivity index (χ1) is 19.0. The van der Waals surface area contributed by atoms with Gasteiger partial charge in [0.1, 0.15) is 74.3 Å². The Balaban J connectivity index is 1.43. The summed E-state index contributed by atoms with van der Waals surface area (Å²) in [6.07, 6.45) is -16.2. The molecule has 2 aromatic carbocycles. The van der Waals surface area contributed by atoms with Gasteiger partial charge in [0.05, 0.1) is 11.1 Å². The molecule has 218 valence electrons. The summed E-state index contributed by atoms with van der Waals surface area (Å²) in [5, 5.41) is 63.1. The maximum Gasteiger partial charge on any atom is 0.338 e. The summed E-state index contributed by atoms with van der Waals surface area (Å²) in [6.45, 7) is 2.68. The molecule has 0 saturated carbocycles. The summed E-state index contributed by atoms with van der Waals surface area (Å²) in [4.78, 5) is 24.8. The van der Waals surface area contributed by atoms with E-state index in [0.29, 0.717) is 0 Å². The Morgan fingerprint density at radius 3 is 1.23 bits per heavy atom. The first-order valence-electron chi connectivity index (χ1n) is 12.8. The van der Waals surface area contributed by atoms with E-state index >= 15 is 0 Å². The molecule has 0 amide bonds. The molecule has 10 atom stereocenters. The van der Waals surface area contributed by atoms with Crippen molar-refractivity contribution >= 4 is 11.9 Å². The van der Waals surface area contributed by atoms with Crippen molar-refractivity contribution in [2.45, 2.75) is 74.9 Å². The zero-order valence-electron chi connectivity index (χ0n) is 21.9. The van der Waals surface area contributed by atoms with Crippen LogP contribution in [0.4, 0.5) is 0 Å². The second-order valence-electron chi connectivity index (χ2n) is 10.2. The van der Waals surface area contributed by atoms with Crippen molar-refractivity contribution in [3.05, 3.63) is 70.8 Å². The fourth-order valence-corrected chi connectivity index (χ4v) is 4.64. The molecular weight excluding hydrogens is 528 g/mol. The van der Waals surface area contributed by atoms with E-state index in [1.54, 1.807) is 48.5 Å². The molecule has 40 heavy (non-hydrogen) atoms. The number of aryl methyl sites for hydroxylation is 2. The molecule has 0 bridgehead atoms. The van der Waals surface area contributed by atoms with Crippen molar-refractivity contribution in [3.63, 3.8) is 0 Å². The summed E-state index contributed by atoms with van der Waals surface area (Å²) in [7, 11) is 0. The molecule has 2 aliphatic heterocycles. The van der Waals surface area contributed by atoms with Crippen LogP contribution < -0.4 is 0 Å². The maximum absolute atomic E-state index is 12.4. The highest BCUT2D eigenvalue weighted by Gasteiger charge is 2.54. The van der Waals surface area contributed by atoms with Gasteiger partial charge in [0.25, 0.3) is 0 Å². The first kappa shape index (κ1) is 30.0. The lowest BCUT2D eigenvalue weighted by Gasteiger charge is -2.48. The van der Waals surface area contributed by atoms with Crippen LogP contribution in [0.25, 0.3) is 0 Å². The zero-order valence-corrected chi connectivity index (χ0v) is 21.9. The van der Waals surface area contributed by atoms with Gasteiger partial charge in [-0.3, -0.25) is 0 Å². The lowest BCUT2D eigenvalue weighted by molar-refractivity contribution is -0.302. The number of aliphatic hydroxyl groups is 6. The van der Waals surface area contributed by atoms with Gasteiger partial charge in [-0.05, 0) is 38.1 Å². The highest BCUT2D eigenvalue weighted by molar-refractivity contribution is 5.89. The Morgan fingerprint density at radius 2 is 0.900 bits per heavy atom. The number of hydrogen-bond donors (Lipinski definition) is 6. The molecule has 2 aliphatic rings. The largest absolute Gasteiger partial charge is 0.459 e. The third-order valence-electron chi connectivity index (χ3n) is 7.15. The number of aliphatic hydroxyl groups excluding tert-OH is 6. The van der Waals surface area contributed by atoms with Gasteiger partial charge in [-0.15, -0.1) is 0 Å². The van der Waals surface area contributed by atoms with E-state index in [4.69, 9.17) is 18.9 Å². The van der Waals surface area contributed by atoms with Crippen molar-refractivity contribution in [3.8, 4) is 0 Å². The molecule has 0 aliphatic carbocycles. The Labute approximate surface area is 230 Å². The quantitative estimate of drug-likeness (QED) is 0.226. The number of carbonyl (C=O) groups is 2. The van der Waals surface area contributed by atoms with Gasteiger partial charge in [0.2, 0.25) is 0 Å². The van der Waals surface area contributed by atoms with Gasteiger partial charge in [-0.2, -0.15) is 0 Å². The van der Waals surface area contributed by atoms with Crippen LogP contribution in [0.2, 0.25) is 0 Å². The highest BCUT2D eigenvalue weighted by atomic mass is 16.6. The third kappa shape index (κ3) is 6.51. The predicted octanol–water partition coefficient (Wildman–Crippen LogP) is -0.983. The first-order valence-corrected chi connectivity index (χ1v) is 12.8. The molecule has 0 radical (unpaired) electrons. The minimum Gasteiger partial charge on any atom is -0.459 e. The monoisotopic (exact) mass is 562 g/mol. The van der Waals surface area contributed by atoms with E-state index in [9.17, 15) is 40.2 Å². The second kappa shape index (κ2) is 12.7. The van der Waals surface area contributed by atoms with Gasteiger partial charge in [-0.1, -0.05) is 35.4 Å². The summed E-state index contributed by atoms with van der Waals surface area (Å²) in [5.41, 5.74) is 2.37. The molecule has 2 fully saturated rings. The summed E-state index contributed by atoms with van der Waals surface area (Å²) in [6, 6.07) is 13.1. The van der Waals surface area contributed by atoms with E-state index in [0.717, 1.165) is 11.1 Å². The van der Waals surface area contributed by atoms with Crippen LogP contribution in [0, 0.1) is 13.8 Å². The molecule has 6 N–H and O–H groups in total. The summed E-state index contributed by atoms with van der Waals surface area (Å²) >= 11 is 0. The minimum absolute atomic E-state index is 0.249. The van der Waals surface area contributed by atoms with Crippen LogP contribution in [-0.2, 0) is 18.9 Å². The van der Waals surface area contributed by atoms with Crippen molar-refractivity contribution in [1.29, 1.82) is 0 Å². The van der Waals surface area contributed by atoms with Crippen LogP contribution in [0.15, 0.2) is 48.5 Å². The number of ether oxygens (including phenoxy) is 4. The number of hydrogen-bond acceptors (Lipinski definition) is 12.